The van der Waals surface area contributed by atoms with Crippen LogP contribution in [0.2, 0.25) is 0 Å². The standard InChI is InChI=1S/C22H21N7/c1-2-4-20-18(3-1)16(13-25-20)7-9-23-22-24-10-8-21(28-22)26-12-15-5-6-19-17(11-15)14-27-29-19/h1-6,8,10-11,13-14,25H,7,9,12H2,(H,27,29)(H2,23,24,26,28). The molecule has 3 heterocycles. The van der Waals surface area contributed by atoms with Crippen LogP contribution >= 0.6 is 0 Å². The number of aromatic nitrogens is 5. The quantitative estimate of drug-likeness (QED) is 0.339. The molecular formula is C22H21N7. The highest BCUT2D eigenvalue weighted by Gasteiger charge is 2.04. The van der Waals surface area contributed by atoms with Crippen molar-refractivity contribution >= 4 is 33.6 Å². The average molecular weight is 383 g/mol. The molecule has 7 nitrogen and oxygen atoms in total. The third kappa shape index (κ3) is 3.75. The summed E-state index contributed by atoms with van der Waals surface area (Å²) in [5.74, 6) is 1.42. The predicted octanol–water partition coefficient (Wildman–Crippen LogP) is 4.10. The number of para-hydroxylation sites is 1. The van der Waals surface area contributed by atoms with E-state index < -0.39 is 0 Å². The summed E-state index contributed by atoms with van der Waals surface area (Å²) in [6.07, 6.45) is 6.57. The van der Waals surface area contributed by atoms with E-state index in [1.165, 1.54) is 22.0 Å². The van der Waals surface area contributed by atoms with E-state index in [0.717, 1.165) is 29.7 Å². The van der Waals surface area contributed by atoms with Gasteiger partial charge in [-0.2, -0.15) is 10.1 Å². The molecule has 0 saturated heterocycles. The van der Waals surface area contributed by atoms with Crippen LogP contribution < -0.4 is 10.6 Å². The average Bonchev–Trinajstić information content (AvgIpc) is 3.39. The summed E-state index contributed by atoms with van der Waals surface area (Å²) in [7, 11) is 0. The monoisotopic (exact) mass is 383 g/mol. The van der Waals surface area contributed by atoms with Gasteiger partial charge in [0.15, 0.2) is 0 Å². The normalized spacial score (nSPS) is 11.2. The van der Waals surface area contributed by atoms with Gasteiger partial charge in [0.25, 0.3) is 0 Å². The Balaban J connectivity index is 1.19. The number of fused-ring (bicyclic) bond motifs is 2. The predicted molar refractivity (Wildman–Crippen MR) is 116 cm³/mol. The number of nitrogens with one attached hydrogen (secondary N) is 4. The molecule has 7 heteroatoms. The Labute approximate surface area is 167 Å². The highest BCUT2D eigenvalue weighted by molar-refractivity contribution is 5.83. The Morgan fingerprint density at radius 3 is 2.93 bits per heavy atom. The maximum atomic E-state index is 4.56. The minimum atomic E-state index is 0.625. The number of benzene rings is 2. The highest BCUT2D eigenvalue weighted by atomic mass is 15.1. The van der Waals surface area contributed by atoms with Crippen molar-refractivity contribution in [2.45, 2.75) is 13.0 Å². The summed E-state index contributed by atoms with van der Waals surface area (Å²) in [6.45, 7) is 1.45. The van der Waals surface area contributed by atoms with Gasteiger partial charge in [-0.3, -0.25) is 5.10 Å². The second-order valence-electron chi connectivity index (χ2n) is 6.95. The maximum Gasteiger partial charge on any atom is 0.224 e. The van der Waals surface area contributed by atoms with E-state index in [0.29, 0.717) is 12.5 Å². The van der Waals surface area contributed by atoms with Crippen LogP contribution in [-0.4, -0.2) is 31.7 Å². The smallest absolute Gasteiger partial charge is 0.224 e. The summed E-state index contributed by atoms with van der Waals surface area (Å²) >= 11 is 0. The molecule has 3 aromatic heterocycles. The van der Waals surface area contributed by atoms with Gasteiger partial charge < -0.3 is 15.6 Å². The first-order valence-electron chi connectivity index (χ1n) is 9.63. The third-order valence-electron chi connectivity index (χ3n) is 4.99. The lowest BCUT2D eigenvalue weighted by Gasteiger charge is -2.08. The lowest BCUT2D eigenvalue weighted by Crippen LogP contribution is -2.09. The number of H-pyrrole nitrogens is 2. The summed E-state index contributed by atoms with van der Waals surface area (Å²) in [4.78, 5) is 12.2. The van der Waals surface area contributed by atoms with Gasteiger partial charge in [-0.1, -0.05) is 24.3 Å². The van der Waals surface area contributed by atoms with Crippen molar-refractivity contribution < 1.29 is 0 Å². The van der Waals surface area contributed by atoms with Crippen molar-refractivity contribution in [2.75, 3.05) is 17.2 Å². The third-order valence-corrected chi connectivity index (χ3v) is 4.99. The molecule has 0 aliphatic heterocycles. The number of hydrogen-bond donors (Lipinski definition) is 4. The number of rotatable bonds is 7. The van der Waals surface area contributed by atoms with Crippen molar-refractivity contribution in [1.82, 2.24) is 25.1 Å². The van der Waals surface area contributed by atoms with Gasteiger partial charge in [0, 0.05) is 41.8 Å². The van der Waals surface area contributed by atoms with Crippen LogP contribution in [0.1, 0.15) is 11.1 Å². The first-order valence-corrected chi connectivity index (χ1v) is 9.63. The van der Waals surface area contributed by atoms with Gasteiger partial charge in [0.2, 0.25) is 5.95 Å². The molecule has 5 rings (SSSR count). The number of anilines is 2. The van der Waals surface area contributed by atoms with Crippen LogP contribution in [0.15, 0.2) is 67.1 Å². The molecule has 29 heavy (non-hydrogen) atoms. The molecule has 0 radical (unpaired) electrons. The van der Waals surface area contributed by atoms with E-state index in [4.69, 9.17) is 0 Å². The maximum absolute atomic E-state index is 4.56. The number of aromatic amines is 2. The Bertz CT molecular complexity index is 1250. The van der Waals surface area contributed by atoms with E-state index in [2.05, 4.69) is 72.3 Å². The molecule has 0 saturated carbocycles. The SMILES string of the molecule is c1ccc2c(CCNc3nccc(NCc4ccc5[nH]ncc5c4)n3)c[nH]c2c1. The van der Waals surface area contributed by atoms with Gasteiger partial charge in [0.1, 0.15) is 5.82 Å². The Morgan fingerprint density at radius 1 is 0.966 bits per heavy atom. The molecule has 0 unspecified atom stereocenters. The van der Waals surface area contributed by atoms with E-state index in [1.807, 2.05) is 24.4 Å². The second kappa shape index (κ2) is 7.63. The van der Waals surface area contributed by atoms with Crippen molar-refractivity contribution in [1.29, 1.82) is 0 Å². The Morgan fingerprint density at radius 2 is 1.93 bits per heavy atom. The van der Waals surface area contributed by atoms with Crippen LogP contribution in [-0.2, 0) is 13.0 Å². The first kappa shape index (κ1) is 17.2. The van der Waals surface area contributed by atoms with Gasteiger partial charge in [-0.05, 0) is 41.8 Å². The molecule has 144 valence electrons. The fraction of sp³-hybridized carbons (Fsp3) is 0.136. The molecule has 5 aromatic rings. The molecular weight excluding hydrogens is 362 g/mol. The molecule has 0 bridgehead atoms. The second-order valence-corrected chi connectivity index (χ2v) is 6.95. The minimum Gasteiger partial charge on any atom is -0.366 e. The fourth-order valence-corrected chi connectivity index (χ4v) is 3.48. The van der Waals surface area contributed by atoms with Crippen molar-refractivity contribution in [2.24, 2.45) is 0 Å². The minimum absolute atomic E-state index is 0.625. The fourth-order valence-electron chi connectivity index (χ4n) is 3.48. The van der Waals surface area contributed by atoms with Crippen molar-refractivity contribution in [3.63, 3.8) is 0 Å². The summed E-state index contributed by atoms with van der Waals surface area (Å²) in [5.41, 5.74) is 4.67. The Kier molecular flexibility index (Phi) is 4.54. The van der Waals surface area contributed by atoms with E-state index in [1.54, 1.807) is 6.20 Å². The zero-order valence-electron chi connectivity index (χ0n) is 15.8. The van der Waals surface area contributed by atoms with E-state index >= 15 is 0 Å². The highest BCUT2D eigenvalue weighted by Crippen LogP contribution is 2.18. The van der Waals surface area contributed by atoms with Gasteiger partial charge in [0.05, 0.1) is 11.7 Å². The number of hydrogen-bond acceptors (Lipinski definition) is 5. The van der Waals surface area contributed by atoms with Gasteiger partial charge >= 0.3 is 0 Å². The van der Waals surface area contributed by atoms with Crippen LogP contribution in [0.25, 0.3) is 21.8 Å². The first-order chi connectivity index (χ1) is 14.3. The van der Waals surface area contributed by atoms with Crippen molar-refractivity contribution in [3.8, 4) is 0 Å². The topological polar surface area (TPSA) is 94.3 Å². The van der Waals surface area contributed by atoms with Crippen LogP contribution in [0.4, 0.5) is 11.8 Å². The Hall–Kier alpha value is -3.87. The molecule has 0 amide bonds. The summed E-state index contributed by atoms with van der Waals surface area (Å²) in [6, 6.07) is 16.5. The van der Waals surface area contributed by atoms with Gasteiger partial charge in [-0.25, -0.2) is 4.98 Å². The van der Waals surface area contributed by atoms with E-state index in [9.17, 15) is 0 Å². The molecule has 0 aliphatic carbocycles. The molecule has 2 aromatic carbocycles. The lowest BCUT2D eigenvalue weighted by molar-refractivity contribution is 0.985. The van der Waals surface area contributed by atoms with Crippen molar-refractivity contribution in [3.05, 3.63) is 78.2 Å². The molecule has 0 fully saturated rings. The summed E-state index contributed by atoms with van der Waals surface area (Å²) in [5, 5.41) is 16.1. The zero-order valence-corrected chi connectivity index (χ0v) is 15.8. The molecule has 4 N–H and O–H groups in total. The van der Waals surface area contributed by atoms with Crippen LogP contribution in [0.5, 0.6) is 0 Å². The van der Waals surface area contributed by atoms with Crippen LogP contribution in [0.3, 0.4) is 0 Å². The number of nitrogens with zero attached hydrogens (tertiary/aromatic N) is 3. The lowest BCUT2D eigenvalue weighted by atomic mass is 10.1. The molecule has 0 aliphatic rings. The molecule has 0 atom stereocenters. The zero-order chi connectivity index (χ0) is 19.5. The van der Waals surface area contributed by atoms with Crippen LogP contribution in [0, 0.1) is 0 Å². The largest absolute Gasteiger partial charge is 0.366 e. The molecule has 0 spiro atoms. The summed E-state index contributed by atoms with van der Waals surface area (Å²) < 4.78 is 0. The van der Waals surface area contributed by atoms with Gasteiger partial charge in [-0.15, -0.1) is 0 Å². The van der Waals surface area contributed by atoms with E-state index in [-0.39, 0.29) is 0 Å².